The van der Waals surface area contributed by atoms with Crippen LogP contribution in [-0.2, 0) is 22.4 Å². The minimum Gasteiger partial charge on any atom is -0.657 e. The van der Waals surface area contributed by atoms with E-state index in [0.717, 1.165) is 21.8 Å². The second-order valence-corrected chi connectivity index (χ2v) is 12.8. The van der Waals surface area contributed by atoms with Gasteiger partial charge in [0, 0.05) is 22.3 Å². The van der Waals surface area contributed by atoms with Gasteiger partial charge in [0.2, 0.25) is 11.4 Å². The second-order valence-electron chi connectivity index (χ2n) is 12.8. The summed E-state index contributed by atoms with van der Waals surface area (Å²) in [5.41, 5.74) is 10.6. The Morgan fingerprint density at radius 1 is 0.578 bits per heavy atom. The van der Waals surface area contributed by atoms with Gasteiger partial charge in [0.05, 0.1) is 11.6 Å². The van der Waals surface area contributed by atoms with E-state index < -0.39 is 0 Å². The summed E-state index contributed by atoms with van der Waals surface area (Å²) in [7, 11) is 0. The third-order valence-corrected chi connectivity index (χ3v) is 8.32. The molecule has 5 heteroatoms. The maximum Gasteiger partial charge on any atom is 1.00 e. The van der Waals surface area contributed by atoms with Crippen molar-refractivity contribution < 1.29 is 31.5 Å². The first-order chi connectivity index (χ1) is 21.1. The number of rotatable bonds is 6. The molecule has 0 N–H and O–H groups in total. The van der Waals surface area contributed by atoms with Crippen molar-refractivity contribution in [2.24, 2.45) is 0 Å². The molecule has 0 aliphatic carbocycles. The summed E-state index contributed by atoms with van der Waals surface area (Å²) in [4.78, 5) is 4.47. The van der Waals surface area contributed by atoms with Gasteiger partial charge in [0.15, 0.2) is 0 Å². The summed E-state index contributed by atoms with van der Waals surface area (Å²) in [6, 6.07) is 32.8. The quantitative estimate of drug-likeness (QED) is 0.127. The predicted molar refractivity (Wildman–Crippen MR) is 183 cm³/mol. The monoisotopic (exact) mass is 776 g/mol. The number of hydrogen-bond donors (Lipinski definition) is 0. The fourth-order valence-electron chi connectivity index (χ4n) is 6.07. The normalized spacial score (nSPS) is 12.4. The standard InChI is InChI=1S/C27H36N2.C13H7N2.Au/c1-18(2)22-11-9-12-23(19(3)4)26(22)28-15-16-29(17-28)27-24(20(5)6)13-10-14-25(27)21(7)8;14-8-9-4-3-7-12-13(9)10-5-1-2-6-11(10)15-12;/h9-16,18-21H,1-8H3;1-7H;/q+2;-1;+1. The van der Waals surface area contributed by atoms with Crippen molar-refractivity contribution in [3.8, 4) is 6.07 Å². The van der Waals surface area contributed by atoms with Crippen LogP contribution in [0.1, 0.15) is 107 Å². The third kappa shape index (κ3) is 6.84. The van der Waals surface area contributed by atoms with Gasteiger partial charge in [0.1, 0.15) is 0 Å². The van der Waals surface area contributed by atoms with Crippen molar-refractivity contribution in [3.05, 3.63) is 119 Å². The molecule has 4 nitrogen and oxygen atoms in total. The van der Waals surface area contributed by atoms with E-state index in [0.29, 0.717) is 29.2 Å². The van der Waals surface area contributed by atoms with Crippen LogP contribution < -0.4 is 4.98 Å². The Bertz CT molecular complexity index is 1850. The van der Waals surface area contributed by atoms with E-state index in [1.165, 1.54) is 33.6 Å². The molecule has 6 rings (SSSR count). The first-order valence-electron chi connectivity index (χ1n) is 15.7. The number of benzene rings is 4. The zero-order chi connectivity index (χ0) is 31.5. The molecule has 0 spiro atoms. The Morgan fingerprint density at radius 2 is 1.00 bits per heavy atom. The van der Waals surface area contributed by atoms with Gasteiger partial charge >= 0.3 is 28.4 Å². The number of nitriles is 1. The largest absolute Gasteiger partial charge is 1.00 e. The molecule has 1 aliphatic heterocycles. The molecule has 0 fully saturated rings. The van der Waals surface area contributed by atoms with E-state index in [9.17, 15) is 0 Å². The summed E-state index contributed by atoms with van der Waals surface area (Å²) in [5, 5.41) is 11.1. The van der Waals surface area contributed by atoms with Gasteiger partial charge in [-0.1, -0.05) is 137 Å². The number of para-hydroxylation sites is 3. The van der Waals surface area contributed by atoms with E-state index in [1.807, 2.05) is 42.5 Å². The molecular weight excluding hydrogens is 733 g/mol. The smallest absolute Gasteiger partial charge is 0.657 e. The summed E-state index contributed by atoms with van der Waals surface area (Å²) in [5.74, 6) is 1.84. The van der Waals surface area contributed by atoms with E-state index in [-0.39, 0.29) is 22.4 Å². The Labute approximate surface area is 284 Å². The first-order valence-corrected chi connectivity index (χ1v) is 15.7. The van der Waals surface area contributed by atoms with Crippen LogP contribution in [0.25, 0.3) is 21.8 Å². The van der Waals surface area contributed by atoms with Gasteiger partial charge in [-0.3, -0.25) is 0 Å². The maximum absolute atomic E-state index is 9.04. The van der Waals surface area contributed by atoms with Crippen molar-refractivity contribution in [1.29, 1.82) is 5.26 Å². The van der Waals surface area contributed by atoms with Crippen LogP contribution >= 0.6 is 0 Å². The number of nitrogens with zero attached hydrogens (tertiary/aromatic N) is 4. The number of fused-ring (bicyclic) bond motifs is 3. The average molecular weight is 777 g/mol. The molecule has 0 saturated heterocycles. The van der Waals surface area contributed by atoms with E-state index in [1.54, 1.807) is 0 Å². The van der Waals surface area contributed by atoms with Gasteiger partial charge < -0.3 is 4.98 Å². The molecule has 2 heterocycles. The number of aromatic nitrogens is 1. The SMILES string of the molecule is CC(C)c1cccc(C(C)C)c1[N+]1=C=[N+](c2c(C(C)C)cccc2C(C)C)C=C1.N#Cc1cccc2[n-]c3ccccc3c12.[Au+]. The summed E-state index contributed by atoms with van der Waals surface area (Å²) < 4.78 is 4.40. The van der Waals surface area contributed by atoms with E-state index in [4.69, 9.17) is 5.26 Å². The zero-order valence-corrected chi connectivity index (χ0v) is 29.7. The van der Waals surface area contributed by atoms with Crippen molar-refractivity contribution in [3.63, 3.8) is 0 Å². The molecule has 0 radical (unpaired) electrons. The fourth-order valence-corrected chi connectivity index (χ4v) is 6.07. The van der Waals surface area contributed by atoms with Gasteiger partial charge in [0.25, 0.3) is 12.4 Å². The van der Waals surface area contributed by atoms with Gasteiger partial charge in [-0.25, -0.2) is 0 Å². The van der Waals surface area contributed by atoms with Gasteiger partial charge in [-0.05, 0) is 40.5 Å². The Kier molecular flexibility index (Phi) is 10.9. The van der Waals surface area contributed by atoms with Crippen molar-refractivity contribution >= 4 is 39.2 Å². The molecule has 1 aromatic heterocycles. The molecule has 232 valence electrons. The molecule has 1 aliphatic rings. The van der Waals surface area contributed by atoms with E-state index >= 15 is 0 Å². The number of hydrogen-bond acceptors (Lipinski definition) is 1. The van der Waals surface area contributed by atoms with Crippen molar-refractivity contribution in [1.82, 2.24) is 4.98 Å². The van der Waals surface area contributed by atoms with Crippen LogP contribution in [-0.4, -0.2) is 15.2 Å². The second kappa shape index (κ2) is 14.4. The van der Waals surface area contributed by atoms with Crippen LogP contribution in [0.4, 0.5) is 11.4 Å². The molecule has 5 aromatic rings. The first kappa shape index (κ1) is 33.9. The zero-order valence-electron chi connectivity index (χ0n) is 27.6. The summed E-state index contributed by atoms with van der Waals surface area (Å²) >= 11 is 0. The van der Waals surface area contributed by atoms with Crippen molar-refractivity contribution in [2.75, 3.05) is 0 Å². The molecule has 45 heavy (non-hydrogen) atoms. The molecule has 0 saturated carbocycles. The van der Waals surface area contributed by atoms with Crippen LogP contribution in [0.2, 0.25) is 0 Å². The minimum absolute atomic E-state index is 0. The summed E-state index contributed by atoms with van der Waals surface area (Å²) in [6.07, 6.45) is 4.32. The fraction of sp³-hybridized carbons (Fsp3) is 0.300. The average Bonchev–Trinajstić information content (AvgIpc) is 3.65. The summed E-state index contributed by atoms with van der Waals surface area (Å²) in [6.45, 7) is 18.2. The van der Waals surface area contributed by atoms with Crippen LogP contribution in [0.15, 0.2) is 91.3 Å². The molecule has 4 aromatic carbocycles. The molecule has 0 amide bonds. The van der Waals surface area contributed by atoms with Crippen LogP contribution in [0.3, 0.4) is 0 Å². The molecule has 0 bridgehead atoms. The molecule has 0 atom stereocenters. The molecular formula is C40H43AuN4+2. The van der Waals surface area contributed by atoms with E-state index in [2.05, 4.69) is 130 Å². The van der Waals surface area contributed by atoms with Gasteiger partial charge in [-0.15, -0.1) is 11.0 Å². The van der Waals surface area contributed by atoms with Crippen LogP contribution in [0, 0.1) is 11.3 Å². The topological polar surface area (TPSA) is 43.9 Å². The Morgan fingerprint density at radius 3 is 1.44 bits per heavy atom. The van der Waals surface area contributed by atoms with Crippen LogP contribution in [0.5, 0.6) is 0 Å². The minimum atomic E-state index is 0. The van der Waals surface area contributed by atoms with Gasteiger partial charge in [-0.2, -0.15) is 5.26 Å². The predicted octanol–water partition coefficient (Wildman–Crippen LogP) is 10.6. The Balaban J connectivity index is 0.000000240. The van der Waals surface area contributed by atoms with Crippen molar-refractivity contribution in [2.45, 2.75) is 79.1 Å². The maximum atomic E-state index is 9.04. The molecule has 0 unspecified atom stereocenters. The third-order valence-electron chi connectivity index (χ3n) is 8.32. The Hall–Kier alpha value is -3.97.